The van der Waals surface area contributed by atoms with Crippen LogP contribution in [0.2, 0.25) is 0 Å². The molecular formula is C15H24N2. The van der Waals surface area contributed by atoms with Crippen LogP contribution in [0.4, 0.5) is 0 Å². The van der Waals surface area contributed by atoms with Crippen LogP contribution in [-0.2, 0) is 6.42 Å². The van der Waals surface area contributed by atoms with E-state index in [9.17, 15) is 0 Å². The second-order valence-corrected chi connectivity index (χ2v) is 5.26. The Morgan fingerprint density at radius 1 is 1.41 bits per heavy atom. The van der Waals surface area contributed by atoms with Gasteiger partial charge < -0.3 is 10.2 Å². The predicted octanol–water partition coefficient (Wildman–Crippen LogP) is 2.26. The second kappa shape index (κ2) is 5.65. The van der Waals surface area contributed by atoms with Crippen molar-refractivity contribution in [3.8, 4) is 0 Å². The lowest BCUT2D eigenvalue weighted by Crippen LogP contribution is -2.40. The van der Waals surface area contributed by atoms with Gasteiger partial charge in [0.1, 0.15) is 0 Å². The molecule has 0 radical (unpaired) electrons. The van der Waals surface area contributed by atoms with E-state index in [1.54, 1.807) is 5.56 Å². The molecule has 0 saturated heterocycles. The topological polar surface area (TPSA) is 15.3 Å². The Balaban J connectivity index is 1.74. The number of rotatable bonds is 6. The highest BCUT2D eigenvalue weighted by Gasteiger charge is 2.25. The Morgan fingerprint density at radius 2 is 2.18 bits per heavy atom. The summed E-state index contributed by atoms with van der Waals surface area (Å²) in [6.45, 7) is 7.85. The molecule has 0 aliphatic heterocycles. The van der Waals surface area contributed by atoms with Gasteiger partial charge in [0.05, 0.1) is 0 Å². The summed E-state index contributed by atoms with van der Waals surface area (Å²) in [4.78, 5) is 2.35. The van der Waals surface area contributed by atoms with E-state index in [1.807, 2.05) is 0 Å². The molecule has 0 aromatic heterocycles. The van der Waals surface area contributed by atoms with E-state index in [-0.39, 0.29) is 0 Å². The molecule has 1 aliphatic rings. The van der Waals surface area contributed by atoms with Crippen molar-refractivity contribution in [2.45, 2.75) is 32.2 Å². The van der Waals surface area contributed by atoms with Gasteiger partial charge in [0.25, 0.3) is 0 Å². The van der Waals surface area contributed by atoms with Gasteiger partial charge in [-0.2, -0.15) is 0 Å². The van der Waals surface area contributed by atoms with Crippen LogP contribution < -0.4 is 5.32 Å². The second-order valence-electron chi connectivity index (χ2n) is 5.26. The predicted molar refractivity (Wildman–Crippen MR) is 73.5 cm³/mol. The van der Waals surface area contributed by atoms with Crippen molar-refractivity contribution in [2.75, 3.05) is 26.7 Å². The normalized spacial score (nSPS) is 19.9. The number of benzene rings is 1. The highest BCUT2D eigenvalue weighted by molar-refractivity contribution is 5.40. The Morgan fingerprint density at radius 3 is 2.88 bits per heavy atom. The summed E-state index contributed by atoms with van der Waals surface area (Å²) in [6, 6.07) is 9.39. The van der Waals surface area contributed by atoms with Gasteiger partial charge in [0, 0.05) is 25.0 Å². The summed E-state index contributed by atoms with van der Waals surface area (Å²) in [7, 11) is 2.18. The lowest BCUT2D eigenvalue weighted by atomic mass is 9.77. The summed E-state index contributed by atoms with van der Waals surface area (Å²) in [6.07, 6.45) is 1.25. The van der Waals surface area contributed by atoms with Crippen molar-refractivity contribution in [2.24, 2.45) is 0 Å². The standard InChI is InChI=1S/C15H24N2/c1-4-17(3)11-12(2)16-10-14-9-13-7-5-6-8-15(13)14/h5-8,12,14,16H,4,9-11H2,1-3H3. The first-order chi connectivity index (χ1) is 8.20. The highest BCUT2D eigenvalue weighted by atomic mass is 15.1. The third-order valence-electron chi connectivity index (χ3n) is 3.80. The highest BCUT2D eigenvalue weighted by Crippen LogP contribution is 2.33. The molecule has 1 aromatic rings. The molecule has 0 fully saturated rings. The van der Waals surface area contributed by atoms with Crippen molar-refractivity contribution in [3.05, 3.63) is 35.4 Å². The first-order valence-electron chi connectivity index (χ1n) is 6.70. The van der Waals surface area contributed by atoms with E-state index in [1.165, 1.54) is 12.0 Å². The van der Waals surface area contributed by atoms with Crippen LogP contribution in [0.15, 0.2) is 24.3 Å². The van der Waals surface area contributed by atoms with Gasteiger partial charge in [-0.05, 0) is 38.1 Å². The van der Waals surface area contributed by atoms with E-state index in [0.29, 0.717) is 6.04 Å². The monoisotopic (exact) mass is 232 g/mol. The minimum atomic E-state index is 0.577. The molecule has 2 rings (SSSR count). The van der Waals surface area contributed by atoms with Gasteiger partial charge >= 0.3 is 0 Å². The summed E-state index contributed by atoms with van der Waals surface area (Å²) in [5.41, 5.74) is 3.09. The first-order valence-corrected chi connectivity index (χ1v) is 6.70. The maximum Gasteiger partial charge on any atom is 0.0166 e. The van der Waals surface area contributed by atoms with E-state index >= 15 is 0 Å². The van der Waals surface area contributed by atoms with Crippen molar-refractivity contribution < 1.29 is 0 Å². The fourth-order valence-electron chi connectivity index (χ4n) is 2.55. The molecule has 2 atom stereocenters. The van der Waals surface area contributed by atoms with Crippen LogP contribution in [0.5, 0.6) is 0 Å². The number of fused-ring (bicyclic) bond motifs is 1. The smallest absolute Gasteiger partial charge is 0.0166 e. The quantitative estimate of drug-likeness (QED) is 0.809. The Hall–Kier alpha value is -0.860. The maximum absolute atomic E-state index is 3.65. The molecule has 2 nitrogen and oxygen atoms in total. The fraction of sp³-hybridized carbons (Fsp3) is 0.600. The molecule has 0 spiro atoms. The Bertz CT molecular complexity index is 362. The minimum absolute atomic E-state index is 0.577. The third-order valence-corrected chi connectivity index (χ3v) is 3.80. The fourth-order valence-corrected chi connectivity index (χ4v) is 2.55. The van der Waals surface area contributed by atoms with Crippen molar-refractivity contribution in [1.82, 2.24) is 10.2 Å². The maximum atomic E-state index is 3.65. The summed E-state index contributed by atoms with van der Waals surface area (Å²) >= 11 is 0. The summed E-state index contributed by atoms with van der Waals surface area (Å²) < 4.78 is 0. The minimum Gasteiger partial charge on any atom is -0.312 e. The van der Waals surface area contributed by atoms with Gasteiger partial charge in [-0.25, -0.2) is 0 Å². The van der Waals surface area contributed by atoms with E-state index in [2.05, 4.69) is 55.4 Å². The van der Waals surface area contributed by atoms with Gasteiger partial charge in [-0.3, -0.25) is 0 Å². The Labute approximate surface area is 105 Å². The van der Waals surface area contributed by atoms with Gasteiger partial charge in [-0.1, -0.05) is 31.2 Å². The first kappa shape index (κ1) is 12.6. The van der Waals surface area contributed by atoms with Crippen LogP contribution in [0, 0.1) is 0 Å². The number of nitrogens with one attached hydrogen (secondary N) is 1. The number of likely N-dealkylation sites (N-methyl/N-ethyl adjacent to an activating group) is 1. The molecule has 94 valence electrons. The molecular weight excluding hydrogens is 208 g/mol. The Kier molecular flexibility index (Phi) is 4.19. The largest absolute Gasteiger partial charge is 0.312 e. The molecule has 2 unspecified atom stereocenters. The SMILES string of the molecule is CCN(C)CC(C)NCC1Cc2ccccc21. The molecule has 2 heteroatoms. The zero-order valence-corrected chi connectivity index (χ0v) is 11.2. The van der Waals surface area contributed by atoms with E-state index in [0.717, 1.165) is 25.6 Å². The lowest BCUT2D eigenvalue weighted by molar-refractivity contribution is 0.305. The van der Waals surface area contributed by atoms with Gasteiger partial charge in [0.2, 0.25) is 0 Å². The van der Waals surface area contributed by atoms with Crippen LogP contribution in [0.1, 0.15) is 30.9 Å². The molecule has 0 heterocycles. The van der Waals surface area contributed by atoms with Crippen LogP contribution in [0.3, 0.4) is 0 Å². The zero-order chi connectivity index (χ0) is 12.3. The van der Waals surface area contributed by atoms with Gasteiger partial charge in [0.15, 0.2) is 0 Å². The van der Waals surface area contributed by atoms with Crippen molar-refractivity contribution >= 4 is 0 Å². The van der Waals surface area contributed by atoms with Crippen LogP contribution in [0.25, 0.3) is 0 Å². The lowest BCUT2D eigenvalue weighted by Gasteiger charge is -2.32. The molecule has 0 bridgehead atoms. The summed E-state index contributed by atoms with van der Waals surface area (Å²) in [5, 5.41) is 3.65. The van der Waals surface area contributed by atoms with E-state index in [4.69, 9.17) is 0 Å². The molecule has 1 aliphatic carbocycles. The van der Waals surface area contributed by atoms with Gasteiger partial charge in [-0.15, -0.1) is 0 Å². The average Bonchev–Trinajstić information content (AvgIpc) is 2.30. The third kappa shape index (κ3) is 3.08. The molecule has 0 amide bonds. The van der Waals surface area contributed by atoms with Crippen LogP contribution >= 0.6 is 0 Å². The van der Waals surface area contributed by atoms with Crippen molar-refractivity contribution in [1.29, 1.82) is 0 Å². The molecule has 0 saturated carbocycles. The van der Waals surface area contributed by atoms with Crippen LogP contribution in [-0.4, -0.2) is 37.6 Å². The average molecular weight is 232 g/mol. The van der Waals surface area contributed by atoms with Crippen molar-refractivity contribution in [3.63, 3.8) is 0 Å². The summed E-state index contributed by atoms with van der Waals surface area (Å²) in [5.74, 6) is 0.737. The molecule has 1 N–H and O–H groups in total. The number of hydrogen-bond acceptors (Lipinski definition) is 2. The molecule has 17 heavy (non-hydrogen) atoms. The number of hydrogen-bond donors (Lipinski definition) is 1. The zero-order valence-electron chi connectivity index (χ0n) is 11.2. The molecule has 1 aromatic carbocycles. The number of nitrogens with zero attached hydrogens (tertiary/aromatic N) is 1. The van der Waals surface area contributed by atoms with E-state index < -0.39 is 0 Å².